The Kier molecular flexibility index (Phi) is 4.67. The molecule has 5 nitrogen and oxygen atoms in total. The van der Waals surface area contributed by atoms with Crippen LogP contribution in [0.25, 0.3) is 21.1 Å². The highest BCUT2D eigenvalue weighted by molar-refractivity contribution is 7.85. The van der Waals surface area contributed by atoms with Crippen LogP contribution < -0.4 is 5.32 Å². The number of aliphatic hydroxyl groups is 1. The molecule has 0 radical (unpaired) electrons. The van der Waals surface area contributed by atoms with Crippen molar-refractivity contribution in [2.75, 3.05) is 11.9 Å². The number of thiazole rings is 1. The maximum Gasteiger partial charge on any atom is 0.157 e. The van der Waals surface area contributed by atoms with E-state index in [0.717, 1.165) is 37.4 Å². The van der Waals surface area contributed by atoms with Gasteiger partial charge in [0, 0.05) is 29.0 Å². The number of nitrogens with zero attached hydrogens (tertiary/aromatic N) is 2. The molecular weight excluding hydrogens is 366 g/mol. The van der Waals surface area contributed by atoms with Gasteiger partial charge in [0.1, 0.15) is 16.0 Å². The van der Waals surface area contributed by atoms with Gasteiger partial charge < -0.3 is 10.4 Å². The Morgan fingerprint density at radius 2 is 2.04 bits per heavy atom. The van der Waals surface area contributed by atoms with E-state index in [1.165, 1.54) is 0 Å². The average molecular weight is 385 g/mol. The van der Waals surface area contributed by atoms with Gasteiger partial charge in [-0.3, -0.25) is 4.98 Å². The summed E-state index contributed by atoms with van der Waals surface area (Å²) in [6.45, 7) is 1.69. The standard InChI is InChI=1S/C19H17N3O2S2/c1-12(10-23)26(24)14-3-4-16-15(9-14)17(6-7-20-16)22-13-2-5-19-18(8-13)21-11-25-19/h2-9,11-12,23H,10H2,1H3,(H,20,22)/p+1. The first-order chi connectivity index (χ1) is 12.7. The zero-order valence-corrected chi connectivity index (χ0v) is 15.8. The zero-order chi connectivity index (χ0) is 18.1. The van der Waals surface area contributed by atoms with Crippen LogP contribution in [0, 0.1) is 0 Å². The molecule has 0 amide bonds. The van der Waals surface area contributed by atoms with Crippen molar-refractivity contribution >= 4 is 54.6 Å². The molecule has 26 heavy (non-hydrogen) atoms. The molecule has 2 unspecified atom stereocenters. The molecule has 0 bridgehead atoms. The Morgan fingerprint density at radius 1 is 1.15 bits per heavy atom. The molecular formula is C19H18N3O2S2+. The van der Waals surface area contributed by atoms with Crippen molar-refractivity contribution in [2.24, 2.45) is 0 Å². The molecule has 4 rings (SSSR count). The monoisotopic (exact) mass is 384 g/mol. The van der Waals surface area contributed by atoms with E-state index in [4.69, 9.17) is 0 Å². The van der Waals surface area contributed by atoms with Crippen molar-refractivity contribution in [3.8, 4) is 0 Å². The Hall–Kier alpha value is -2.35. The minimum absolute atomic E-state index is 0.0982. The third-order valence-electron chi connectivity index (χ3n) is 4.25. The zero-order valence-electron chi connectivity index (χ0n) is 14.1. The lowest BCUT2D eigenvalue weighted by molar-refractivity contribution is 0.297. The molecule has 4 aromatic rings. The largest absolute Gasteiger partial charge is 0.391 e. The van der Waals surface area contributed by atoms with E-state index < -0.39 is 10.8 Å². The topological polar surface area (TPSA) is 75.1 Å². The quantitative estimate of drug-likeness (QED) is 0.401. The van der Waals surface area contributed by atoms with E-state index in [-0.39, 0.29) is 11.9 Å². The third kappa shape index (κ3) is 3.21. The Labute approximate surface area is 157 Å². The number of benzene rings is 2. The molecule has 0 aliphatic rings. The third-order valence-corrected chi connectivity index (χ3v) is 6.81. The number of fused-ring (bicyclic) bond motifs is 2. The Morgan fingerprint density at radius 3 is 2.88 bits per heavy atom. The molecule has 2 heterocycles. The van der Waals surface area contributed by atoms with Crippen molar-refractivity contribution in [3.05, 3.63) is 54.2 Å². The second kappa shape index (κ2) is 7.11. The number of aromatic nitrogens is 2. The van der Waals surface area contributed by atoms with Crippen LogP contribution in [-0.2, 0) is 15.0 Å². The lowest BCUT2D eigenvalue weighted by Crippen LogP contribution is -2.14. The first-order valence-corrected chi connectivity index (χ1v) is 10.4. The SMILES string of the molecule is CC(CO)[SH+](=O)c1ccc2nccc(Nc3ccc4scnc4c3)c2c1. The van der Waals surface area contributed by atoms with Crippen LogP contribution in [0.2, 0.25) is 0 Å². The normalized spacial score (nSPS) is 13.8. The lowest BCUT2D eigenvalue weighted by atomic mass is 10.2. The second-order valence-electron chi connectivity index (χ2n) is 6.08. The number of hydrogen-bond acceptors (Lipinski definition) is 6. The average Bonchev–Trinajstić information content (AvgIpc) is 3.14. The van der Waals surface area contributed by atoms with E-state index in [1.807, 2.05) is 48.0 Å². The summed E-state index contributed by atoms with van der Waals surface area (Å²) in [6, 6.07) is 13.6. The van der Waals surface area contributed by atoms with Crippen LogP contribution in [-0.4, -0.2) is 26.9 Å². The molecule has 2 atom stereocenters. The fraction of sp³-hybridized carbons (Fsp3) is 0.158. The molecule has 132 valence electrons. The van der Waals surface area contributed by atoms with E-state index in [0.29, 0.717) is 0 Å². The summed E-state index contributed by atoms with van der Waals surface area (Å²) in [7, 11) is -1.66. The van der Waals surface area contributed by atoms with Gasteiger partial charge in [-0.15, -0.1) is 15.5 Å². The first-order valence-electron chi connectivity index (χ1n) is 8.22. The summed E-state index contributed by atoms with van der Waals surface area (Å²) < 4.78 is 13.7. The first kappa shape index (κ1) is 17.1. The van der Waals surface area contributed by atoms with E-state index in [9.17, 15) is 9.32 Å². The summed E-state index contributed by atoms with van der Waals surface area (Å²) in [5, 5.41) is 13.3. The van der Waals surface area contributed by atoms with Crippen LogP contribution in [0.4, 0.5) is 11.4 Å². The van der Waals surface area contributed by atoms with Crippen LogP contribution in [0.1, 0.15) is 6.92 Å². The van der Waals surface area contributed by atoms with Gasteiger partial charge in [0.15, 0.2) is 4.90 Å². The van der Waals surface area contributed by atoms with Crippen LogP contribution >= 0.6 is 11.3 Å². The van der Waals surface area contributed by atoms with Gasteiger partial charge in [-0.25, -0.2) is 4.98 Å². The fourth-order valence-electron chi connectivity index (χ4n) is 2.80. The number of anilines is 2. The molecule has 2 N–H and O–H groups in total. The van der Waals surface area contributed by atoms with Gasteiger partial charge >= 0.3 is 0 Å². The van der Waals surface area contributed by atoms with E-state index >= 15 is 0 Å². The molecule has 2 aromatic carbocycles. The maximum atomic E-state index is 12.5. The molecule has 0 saturated heterocycles. The molecule has 0 saturated carbocycles. The number of rotatable bonds is 5. The predicted octanol–water partition coefficient (Wildman–Crippen LogP) is 4.02. The van der Waals surface area contributed by atoms with Gasteiger partial charge in [0.05, 0.1) is 27.9 Å². The van der Waals surface area contributed by atoms with E-state index in [2.05, 4.69) is 15.3 Å². The highest BCUT2D eigenvalue weighted by atomic mass is 32.2. The number of thiol groups is 1. The highest BCUT2D eigenvalue weighted by Crippen LogP contribution is 2.29. The van der Waals surface area contributed by atoms with Crippen LogP contribution in [0.15, 0.2) is 59.1 Å². The van der Waals surface area contributed by atoms with Gasteiger partial charge in [-0.1, -0.05) is 0 Å². The van der Waals surface area contributed by atoms with Crippen molar-refractivity contribution < 1.29 is 9.32 Å². The van der Waals surface area contributed by atoms with Gasteiger partial charge in [-0.05, 0) is 43.3 Å². The Bertz CT molecular complexity index is 1110. The second-order valence-corrected chi connectivity index (χ2v) is 9.01. The number of nitrogens with one attached hydrogen (secondary N) is 1. The minimum Gasteiger partial charge on any atom is -0.391 e. The van der Waals surface area contributed by atoms with Crippen molar-refractivity contribution in [1.82, 2.24) is 9.97 Å². The number of hydrogen-bond donors (Lipinski definition) is 2. The lowest BCUT2D eigenvalue weighted by Gasteiger charge is -2.10. The van der Waals surface area contributed by atoms with E-state index in [1.54, 1.807) is 24.5 Å². The van der Waals surface area contributed by atoms with Gasteiger partial charge in [0.25, 0.3) is 0 Å². The molecule has 0 fully saturated rings. The molecule has 2 aromatic heterocycles. The van der Waals surface area contributed by atoms with Crippen molar-refractivity contribution in [1.29, 1.82) is 0 Å². The van der Waals surface area contributed by atoms with Crippen molar-refractivity contribution in [3.63, 3.8) is 0 Å². The highest BCUT2D eigenvalue weighted by Gasteiger charge is 2.19. The summed E-state index contributed by atoms with van der Waals surface area (Å²) in [6.07, 6.45) is 1.75. The molecule has 0 spiro atoms. The molecule has 0 aliphatic heterocycles. The van der Waals surface area contributed by atoms with Gasteiger partial charge in [-0.2, -0.15) is 0 Å². The van der Waals surface area contributed by atoms with Crippen molar-refractivity contribution in [2.45, 2.75) is 17.1 Å². The predicted molar refractivity (Wildman–Crippen MR) is 109 cm³/mol. The molecule has 0 aliphatic carbocycles. The van der Waals surface area contributed by atoms with Gasteiger partial charge in [0.2, 0.25) is 0 Å². The smallest absolute Gasteiger partial charge is 0.157 e. The number of aliphatic hydroxyl groups excluding tert-OH is 1. The van der Waals surface area contributed by atoms with Crippen LogP contribution in [0.5, 0.6) is 0 Å². The minimum atomic E-state index is -1.66. The summed E-state index contributed by atoms with van der Waals surface area (Å²) >= 11 is 1.61. The summed E-state index contributed by atoms with van der Waals surface area (Å²) in [4.78, 5) is 9.47. The van der Waals surface area contributed by atoms with Crippen LogP contribution in [0.3, 0.4) is 0 Å². The summed E-state index contributed by atoms with van der Waals surface area (Å²) in [5.74, 6) is 0. The Balaban J connectivity index is 1.75. The molecule has 7 heteroatoms. The number of pyridine rings is 1. The summed E-state index contributed by atoms with van der Waals surface area (Å²) in [5.41, 5.74) is 5.45. The fourth-order valence-corrected chi connectivity index (χ4v) is 4.59. The maximum absolute atomic E-state index is 12.5.